The Balaban J connectivity index is 1.59. The molecule has 0 radical (unpaired) electrons. The molecular weight excluding hydrogens is 433 g/mol. The first-order valence-corrected chi connectivity index (χ1v) is 13.0. The van der Waals surface area contributed by atoms with Crippen molar-refractivity contribution in [2.45, 2.75) is 77.4 Å². The quantitative estimate of drug-likeness (QED) is 0.666. The molecule has 1 saturated heterocycles. The number of morpholine rings is 1. The third kappa shape index (κ3) is 5.99. The van der Waals surface area contributed by atoms with E-state index in [0.29, 0.717) is 32.4 Å². The Morgan fingerprint density at radius 1 is 1.16 bits per heavy atom. The Morgan fingerprint density at radius 2 is 1.81 bits per heavy atom. The number of rotatable bonds is 6. The molecule has 1 amide bonds. The minimum absolute atomic E-state index is 0.0190. The number of nitrogens with zero attached hydrogens (tertiary/aromatic N) is 1. The number of carbonyl (C=O) groups excluding carboxylic acids is 1. The summed E-state index contributed by atoms with van der Waals surface area (Å²) in [6.45, 7) is 10.6. The number of hydrogen-bond acceptors (Lipinski definition) is 5. The first-order chi connectivity index (χ1) is 15.0. The average Bonchev–Trinajstić information content (AvgIpc) is 2.70. The maximum Gasteiger partial charge on any atom is 0.227 e. The normalized spacial score (nSPS) is 29.2. The van der Waals surface area contributed by atoms with Crippen molar-refractivity contribution < 1.29 is 22.3 Å². The van der Waals surface area contributed by atoms with Gasteiger partial charge in [0.15, 0.2) is 0 Å². The maximum atomic E-state index is 14.8. The zero-order valence-electron chi connectivity index (χ0n) is 19.6. The number of halogens is 1. The van der Waals surface area contributed by atoms with Crippen LogP contribution in [0.4, 0.5) is 15.8 Å². The van der Waals surface area contributed by atoms with Gasteiger partial charge in [0.1, 0.15) is 5.82 Å². The number of amides is 1. The molecule has 7 nitrogen and oxygen atoms in total. The summed E-state index contributed by atoms with van der Waals surface area (Å²) in [6.07, 6.45) is 1.84. The molecule has 1 aliphatic heterocycles. The predicted octanol–water partition coefficient (Wildman–Crippen LogP) is 3.51. The summed E-state index contributed by atoms with van der Waals surface area (Å²) in [5, 5.41) is 2.24. The number of ether oxygens (including phenoxy) is 1. The van der Waals surface area contributed by atoms with E-state index in [1.54, 1.807) is 19.9 Å². The second kappa shape index (κ2) is 10.1. The van der Waals surface area contributed by atoms with E-state index in [1.807, 2.05) is 26.8 Å². The third-order valence-electron chi connectivity index (χ3n) is 6.47. The Hall–Kier alpha value is -1.71. The van der Waals surface area contributed by atoms with Crippen molar-refractivity contribution in [3.8, 4) is 0 Å². The molecule has 1 saturated carbocycles. The van der Waals surface area contributed by atoms with E-state index in [-0.39, 0.29) is 41.7 Å². The van der Waals surface area contributed by atoms with Crippen LogP contribution in [0.3, 0.4) is 0 Å². The molecule has 180 valence electrons. The summed E-state index contributed by atoms with van der Waals surface area (Å²) in [7, 11) is -3.36. The fourth-order valence-electron chi connectivity index (χ4n) is 4.58. The van der Waals surface area contributed by atoms with Gasteiger partial charge in [0.05, 0.1) is 23.1 Å². The van der Waals surface area contributed by atoms with Crippen LogP contribution in [0.25, 0.3) is 0 Å². The largest absolute Gasteiger partial charge is 0.372 e. The monoisotopic (exact) mass is 469 g/mol. The van der Waals surface area contributed by atoms with Crippen molar-refractivity contribution in [1.29, 1.82) is 0 Å². The Labute approximate surface area is 191 Å². The van der Waals surface area contributed by atoms with Gasteiger partial charge < -0.3 is 15.0 Å². The summed E-state index contributed by atoms with van der Waals surface area (Å²) in [4.78, 5) is 14.9. The van der Waals surface area contributed by atoms with E-state index in [2.05, 4.69) is 14.9 Å². The molecule has 0 spiro atoms. The summed E-state index contributed by atoms with van der Waals surface area (Å²) in [5.41, 5.74) is 0.942. The summed E-state index contributed by atoms with van der Waals surface area (Å²) < 4.78 is 47.6. The van der Waals surface area contributed by atoms with Crippen LogP contribution in [0.5, 0.6) is 0 Å². The van der Waals surface area contributed by atoms with Gasteiger partial charge in [0.25, 0.3) is 0 Å². The average molecular weight is 470 g/mol. The lowest BCUT2D eigenvalue weighted by atomic mass is 9.79. The standard InChI is InChI=1S/C23H36FN3O4S/c1-14(2)32(29,30)26-21-8-6-18(10-15(21)3)23(28)25-22-9-7-19(11-20(22)24)27-12-16(4)31-17(5)13-27/h7,9,11,14-18,21,26H,6,8,10,12-13H2,1-5H3,(H,25,28). The van der Waals surface area contributed by atoms with Crippen LogP contribution in [0.15, 0.2) is 18.2 Å². The number of sulfonamides is 1. The van der Waals surface area contributed by atoms with Crippen molar-refractivity contribution in [3.63, 3.8) is 0 Å². The van der Waals surface area contributed by atoms with Crippen LogP contribution in [0.1, 0.15) is 53.9 Å². The topological polar surface area (TPSA) is 87.7 Å². The molecule has 9 heteroatoms. The van der Waals surface area contributed by atoms with Crippen LogP contribution in [0.2, 0.25) is 0 Å². The van der Waals surface area contributed by atoms with Gasteiger partial charge in [-0.15, -0.1) is 0 Å². The Kier molecular flexibility index (Phi) is 7.83. The van der Waals surface area contributed by atoms with Crippen molar-refractivity contribution in [2.24, 2.45) is 11.8 Å². The molecule has 5 atom stereocenters. The highest BCUT2D eigenvalue weighted by Gasteiger charge is 2.34. The zero-order valence-corrected chi connectivity index (χ0v) is 20.4. The van der Waals surface area contributed by atoms with Gasteiger partial charge in [0, 0.05) is 30.7 Å². The molecule has 0 bridgehead atoms. The third-order valence-corrected chi connectivity index (χ3v) is 8.34. The van der Waals surface area contributed by atoms with E-state index < -0.39 is 21.1 Å². The van der Waals surface area contributed by atoms with E-state index in [4.69, 9.17) is 4.74 Å². The van der Waals surface area contributed by atoms with Gasteiger partial charge in [-0.2, -0.15) is 0 Å². The summed E-state index contributed by atoms with van der Waals surface area (Å²) in [5.74, 6) is -0.938. The first-order valence-electron chi connectivity index (χ1n) is 11.5. The van der Waals surface area contributed by atoms with Crippen molar-refractivity contribution in [1.82, 2.24) is 4.72 Å². The van der Waals surface area contributed by atoms with Crippen LogP contribution >= 0.6 is 0 Å². The minimum atomic E-state index is -3.36. The number of hydrogen-bond donors (Lipinski definition) is 2. The second-order valence-corrected chi connectivity index (χ2v) is 11.9. The Bertz CT molecular complexity index is 914. The highest BCUT2D eigenvalue weighted by molar-refractivity contribution is 7.90. The molecule has 2 fully saturated rings. The molecule has 1 aromatic rings. The van der Waals surface area contributed by atoms with E-state index in [1.165, 1.54) is 6.07 Å². The number of nitrogens with one attached hydrogen (secondary N) is 2. The van der Waals surface area contributed by atoms with Crippen molar-refractivity contribution in [3.05, 3.63) is 24.0 Å². The maximum absolute atomic E-state index is 14.8. The lowest BCUT2D eigenvalue weighted by molar-refractivity contribution is -0.121. The van der Waals surface area contributed by atoms with E-state index in [0.717, 1.165) is 5.69 Å². The Morgan fingerprint density at radius 3 is 2.38 bits per heavy atom. The SMILES string of the molecule is CC1CN(c2ccc(NC(=O)C3CCC(NS(=O)(=O)C(C)C)C(C)C3)c(F)c2)CC(C)O1. The molecule has 1 aliphatic carbocycles. The predicted molar refractivity (Wildman–Crippen MR) is 125 cm³/mol. The van der Waals surface area contributed by atoms with Gasteiger partial charge in [-0.25, -0.2) is 17.5 Å². The van der Waals surface area contributed by atoms with Gasteiger partial charge >= 0.3 is 0 Å². The van der Waals surface area contributed by atoms with Crippen molar-refractivity contribution in [2.75, 3.05) is 23.3 Å². The van der Waals surface area contributed by atoms with Crippen LogP contribution in [-0.2, 0) is 19.6 Å². The lowest BCUT2D eigenvalue weighted by Crippen LogP contribution is -2.46. The molecule has 3 rings (SSSR count). The number of anilines is 2. The highest BCUT2D eigenvalue weighted by Crippen LogP contribution is 2.32. The molecule has 1 aromatic carbocycles. The first kappa shape index (κ1) is 24.9. The molecule has 5 unspecified atom stereocenters. The molecule has 32 heavy (non-hydrogen) atoms. The number of benzene rings is 1. The minimum Gasteiger partial charge on any atom is -0.372 e. The second-order valence-electron chi connectivity index (χ2n) is 9.62. The molecule has 2 N–H and O–H groups in total. The smallest absolute Gasteiger partial charge is 0.227 e. The van der Waals surface area contributed by atoms with Gasteiger partial charge in [0.2, 0.25) is 15.9 Å². The highest BCUT2D eigenvalue weighted by atomic mass is 32.2. The van der Waals surface area contributed by atoms with Crippen LogP contribution in [0, 0.1) is 17.7 Å². The van der Waals surface area contributed by atoms with Gasteiger partial charge in [-0.1, -0.05) is 6.92 Å². The van der Waals surface area contributed by atoms with Crippen LogP contribution in [-0.4, -0.2) is 50.9 Å². The van der Waals surface area contributed by atoms with Gasteiger partial charge in [-0.3, -0.25) is 4.79 Å². The summed E-state index contributed by atoms with van der Waals surface area (Å²) in [6, 6.07) is 4.71. The molecule has 0 aromatic heterocycles. The van der Waals surface area contributed by atoms with E-state index in [9.17, 15) is 17.6 Å². The van der Waals surface area contributed by atoms with Crippen LogP contribution < -0.4 is 14.9 Å². The zero-order chi connectivity index (χ0) is 23.6. The fraction of sp³-hybridized carbons (Fsp3) is 0.696. The molecule has 2 aliphatic rings. The van der Waals surface area contributed by atoms with Gasteiger partial charge in [-0.05, 0) is 71.1 Å². The number of carbonyl (C=O) groups is 1. The molecule has 1 heterocycles. The summed E-state index contributed by atoms with van der Waals surface area (Å²) >= 11 is 0. The van der Waals surface area contributed by atoms with E-state index >= 15 is 0 Å². The molecular formula is C23H36FN3O4S. The fourth-order valence-corrected chi connectivity index (χ4v) is 5.63. The van der Waals surface area contributed by atoms with Crippen molar-refractivity contribution >= 4 is 27.3 Å². The lowest BCUT2D eigenvalue weighted by Gasteiger charge is -2.37.